The van der Waals surface area contributed by atoms with E-state index in [-0.39, 0.29) is 34.3 Å². The number of ether oxygens (including phenoxy) is 1. The number of benzene rings is 3. The van der Waals surface area contributed by atoms with Crippen molar-refractivity contribution in [3.05, 3.63) is 109 Å². The Morgan fingerprint density at radius 3 is 2.21 bits per heavy atom. The minimum Gasteiger partial charge on any atom is -0.489 e. The molecule has 0 atom stereocenters. The highest BCUT2D eigenvalue weighted by Crippen LogP contribution is 2.27. The quantitative estimate of drug-likeness (QED) is 0.200. The van der Waals surface area contributed by atoms with Crippen LogP contribution in [0.3, 0.4) is 0 Å². The fourth-order valence-electron chi connectivity index (χ4n) is 2.77. The van der Waals surface area contributed by atoms with E-state index < -0.39 is 15.8 Å². The van der Waals surface area contributed by atoms with E-state index in [0.717, 1.165) is 11.6 Å². The molecule has 0 spiro atoms. The van der Waals surface area contributed by atoms with Crippen molar-refractivity contribution in [3.8, 4) is 11.8 Å². The van der Waals surface area contributed by atoms with Gasteiger partial charge in [0.15, 0.2) is 0 Å². The number of non-ortho nitro benzene ring substituents is 2. The van der Waals surface area contributed by atoms with Gasteiger partial charge in [-0.15, -0.1) is 0 Å². The maximum Gasteiger partial charge on any atom is 0.271 e. The third-order valence-electron chi connectivity index (χ3n) is 4.52. The second-order valence-corrected chi connectivity index (χ2v) is 7.23. The molecule has 1 N–H and O–H groups in total. The summed E-state index contributed by atoms with van der Waals surface area (Å²) in [6, 6.07) is 17.9. The Morgan fingerprint density at radius 2 is 1.62 bits per heavy atom. The number of rotatable bonds is 8. The first-order valence-electron chi connectivity index (χ1n) is 9.60. The molecule has 3 aromatic carbocycles. The van der Waals surface area contributed by atoms with Gasteiger partial charge in [0.25, 0.3) is 17.3 Å². The Labute approximate surface area is 198 Å². The highest BCUT2D eigenvalue weighted by Gasteiger charge is 2.15. The highest BCUT2D eigenvalue weighted by molar-refractivity contribution is 6.34. The lowest BCUT2D eigenvalue weighted by atomic mass is 10.1. The van der Waals surface area contributed by atoms with Crippen LogP contribution in [0.2, 0.25) is 5.02 Å². The van der Waals surface area contributed by atoms with E-state index in [1.807, 2.05) is 0 Å². The summed E-state index contributed by atoms with van der Waals surface area (Å²) in [7, 11) is 0. The predicted octanol–water partition coefficient (Wildman–Crippen LogP) is 5.28. The van der Waals surface area contributed by atoms with E-state index >= 15 is 0 Å². The average molecular weight is 479 g/mol. The van der Waals surface area contributed by atoms with Crippen LogP contribution in [0, 0.1) is 31.6 Å². The first-order chi connectivity index (χ1) is 16.3. The molecule has 0 aliphatic heterocycles. The molecule has 0 bridgehead atoms. The summed E-state index contributed by atoms with van der Waals surface area (Å²) < 4.78 is 5.64. The largest absolute Gasteiger partial charge is 0.489 e. The monoisotopic (exact) mass is 478 g/mol. The van der Waals surface area contributed by atoms with Crippen molar-refractivity contribution in [1.82, 2.24) is 0 Å². The van der Waals surface area contributed by atoms with Gasteiger partial charge in [0.2, 0.25) is 0 Å². The van der Waals surface area contributed by atoms with Crippen molar-refractivity contribution < 1.29 is 19.4 Å². The van der Waals surface area contributed by atoms with Gasteiger partial charge in [0.05, 0.1) is 20.6 Å². The second kappa shape index (κ2) is 10.7. The van der Waals surface area contributed by atoms with Gasteiger partial charge >= 0.3 is 0 Å². The number of carbonyl (C=O) groups is 1. The Morgan fingerprint density at radius 1 is 1.00 bits per heavy atom. The number of anilines is 1. The molecule has 0 unspecified atom stereocenters. The van der Waals surface area contributed by atoms with Crippen molar-refractivity contribution >= 4 is 40.6 Å². The van der Waals surface area contributed by atoms with E-state index in [0.29, 0.717) is 11.3 Å². The zero-order valence-corrected chi connectivity index (χ0v) is 18.1. The molecule has 0 aromatic heterocycles. The average Bonchev–Trinajstić information content (AvgIpc) is 2.83. The van der Waals surface area contributed by atoms with Gasteiger partial charge in [-0.2, -0.15) is 5.26 Å². The van der Waals surface area contributed by atoms with E-state index in [2.05, 4.69) is 5.32 Å². The summed E-state index contributed by atoms with van der Waals surface area (Å²) in [5.74, 6) is -0.259. The second-order valence-electron chi connectivity index (χ2n) is 6.83. The van der Waals surface area contributed by atoms with Crippen LogP contribution >= 0.6 is 11.6 Å². The van der Waals surface area contributed by atoms with Gasteiger partial charge in [-0.1, -0.05) is 23.7 Å². The number of carbonyl (C=O) groups excluding carboxylic acids is 1. The summed E-state index contributed by atoms with van der Waals surface area (Å²) in [5.41, 5.74) is 0.799. The molecule has 10 nitrogen and oxygen atoms in total. The predicted molar refractivity (Wildman–Crippen MR) is 124 cm³/mol. The first kappa shape index (κ1) is 23.9. The van der Waals surface area contributed by atoms with Crippen LogP contribution in [0.15, 0.2) is 72.3 Å². The molecule has 3 rings (SSSR count). The van der Waals surface area contributed by atoms with Gasteiger partial charge in [-0.25, -0.2) is 0 Å². The minimum absolute atomic E-state index is 0.00928. The lowest BCUT2D eigenvalue weighted by Crippen LogP contribution is -2.14. The molecule has 0 heterocycles. The first-order valence-corrected chi connectivity index (χ1v) is 9.98. The topological polar surface area (TPSA) is 148 Å². The molecular formula is C23H15ClN4O6. The summed E-state index contributed by atoms with van der Waals surface area (Å²) in [6.45, 7) is 0.197. The van der Waals surface area contributed by atoms with Crippen molar-refractivity contribution in [3.63, 3.8) is 0 Å². The maximum absolute atomic E-state index is 12.5. The van der Waals surface area contributed by atoms with Crippen LogP contribution in [0.25, 0.3) is 6.08 Å². The van der Waals surface area contributed by atoms with Crippen LogP contribution in [0.5, 0.6) is 5.75 Å². The highest BCUT2D eigenvalue weighted by atomic mass is 35.5. The molecule has 0 fully saturated rings. The van der Waals surface area contributed by atoms with E-state index in [1.54, 1.807) is 42.5 Å². The fraction of sp³-hybridized carbons (Fsp3) is 0.0435. The molecule has 11 heteroatoms. The van der Waals surface area contributed by atoms with Crippen molar-refractivity contribution in [1.29, 1.82) is 5.26 Å². The Kier molecular flexibility index (Phi) is 7.53. The van der Waals surface area contributed by atoms with Gasteiger partial charge in [-0.05, 0) is 47.5 Å². The molecule has 0 aliphatic rings. The normalized spacial score (nSPS) is 10.8. The number of nitro groups is 2. The fourth-order valence-corrected chi connectivity index (χ4v) is 2.93. The maximum atomic E-state index is 12.5. The number of nitro benzene ring substituents is 2. The van der Waals surface area contributed by atoms with Gasteiger partial charge in [0.1, 0.15) is 24.0 Å². The number of hydrogen-bond donors (Lipinski definition) is 1. The minimum atomic E-state index is -0.775. The van der Waals surface area contributed by atoms with Crippen molar-refractivity contribution in [2.75, 3.05) is 5.32 Å². The number of nitrogens with zero attached hydrogens (tertiary/aromatic N) is 3. The van der Waals surface area contributed by atoms with Crippen LogP contribution in [0.1, 0.15) is 11.1 Å². The summed E-state index contributed by atoms with van der Waals surface area (Å²) in [6.07, 6.45) is 1.35. The van der Waals surface area contributed by atoms with Crippen LogP contribution < -0.4 is 10.1 Å². The number of nitrogens with one attached hydrogen (secondary N) is 1. The molecule has 3 aromatic rings. The molecule has 170 valence electrons. The summed E-state index contributed by atoms with van der Waals surface area (Å²) in [4.78, 5) is 33.0. The van der Waals surface area contributed by atoms with E-state index in [1.165, 1.54) is 30.3 Å². The lowest BCUT2D eigenvalue weighted by Gasteiger charge is -2.08. The Balaban J connectivity index is 1.66. The van der Waals surface area contributed by atoms with Gasteiger partial charge in [-0.3, -0.25) is 25.0 Å². The number of amides is 1. The molecule has 34 heavy (non-hydrogen) atoms. The lowest BCUT2D eigenvalue weighted by molar-refractivity contribution is -0.385. The third-order valence-corrected chi connectivity index (χ3v) is 4.85. The van der Waals surface area contributed by atoms with Crippen LogP contribution in [-0.2, 0) is 11.4 Å². The standard InChI is InChI=1S/C23H15ClN4O6/c24-21-10-7-19(28(32)33)12-22(21)26-23(29)17(13-25)11-15-3-8-20(9-4-15)34-14-16-1-5-18(6-2-16)27(30)31/h1-12H,14H2,(H,26,29)/b17-11+. The smallest absolute Gasteiger partial charge is 0.271 e. The zero-order chi connectivity index (χ0) is 24.7. The van der Waals surface area contributed by atoms with E-state index in [4.69, 9.17) is 16.3 Å². The number of halogens is 1. The van der Waals surface area contributed by atoms with Crippen molar-refractivity contribution in [2.24, 2.45) is 0 Å². The van der Waals surface area contributed by atoms with Crippen molar-refractivity contribution in [2.45, 2.75) is 6.61 Å². The Bertz CT molecular complexity index is 1310. The van der Waals surface area contributed by atoms with Gasteiger partial charge < -0.3 is 10.1 Å². The van der Waals surface area contributed by atoms with Gasteiger partial charge in [0, 0.05) is 24.3 Å². The molecule has 0 radical (unpaired) electrons. The molecular weight excluding hydrogens is 464 g/mol. The van der Waals surface area contributed by atoms with Crippen LogP contribution in [0.4, 0.5) is 17.1 Å². The molecule has 1 amide bonds. The zero-order valence-electron chi connectivity index (χ0n) is 17.3. The van der Waals surface area contributed by atoms with Crippen LogP contribution in [-0.4, -0.2) is 15.8 Å². The SMILES string of the molecule is N#C/C(=C\c1ccc(OCc2ccc([N+](=O)[O-])cc2)cc1)C(=O)Nc1cc([N+](=O)[O-])ccc1Cl. The molecule has 0 aliphatic carbocycles. The summed E-state index contributed by atoms with van der Waals surface area (Å²) >= 11 is 5.98. The summed E-state index contributed by atoms with van der Waals surface area (Å²) in [5, 5.41) is 33.5. The number of hydrogen-bond acceptors (Lipinski definition) is 7. The van der Waals surface area contributed by atoms with E-state index in [9.17, 15) is 30.3 Å². The Hall–Kier alpha value is -4.75. The number of nitriles is 1. The molecule has 0 saturated heterocycles. The third kappa shape index (κ3) is 6.15. The molecule has 0 saturated carbocycles.